The van der Waals surface area contributed by atoms with Crippen molar-refractivity contribution in [3.63, 3.8) is 0 Å². The summed E-state index contributed by atoms with van der Waals surface area (Å²) in [6.45, 7) is 3.54. The van der Waals surface area contributed by atoms with Gasteiger partial charge in [-0.3, -0.25) is 0 Å². The Hall–Kier alpha value is 0.740. The van der Waals surface area contributed by atoms with Crippen LogP contribution in [0.25, 0.3) is 0 Å². The second kappa shape index (κ2) is 4.69. The third kappa shape index (κ3) is 2.93. The molecule has 6 heteroatoms. The van der Waals surface area contributed by atoms with Crippen LogP contribution < -0.4 is 0 Å². The molecule has 1 atom stereocenters. The summed E-state index contributed by atoms with van der Waals surface area (Å²) < 4.78 is 19.6. The summed E-state index contributed by atoms with van der Waals surface area (Å²) in [7, 11) is 0. The predicted molar refractivity (Wildman–Crippen MR) is 47.8 cm³/mol. The Balaban J connectivity index is 0.000001000. The van der Waals surface area contributed by atoms with Gasteiger partial charge in [-0.1, -0.05) is 0 Å². The molecule has 0 bridgehead atoms. The van der Waals surface area contributed by atoms with Crippen molar-refractivity contribution in [3.8, 4) is 0 Å². The van der Waals surface area contributed by atoms with Crippen LogP contribution in [0.15, 0.2) is 4.21 Å². The monoisotopic (exact) mass is 201 g/mol. The number of aryl methyl sites for hydroxylation is 2. The van der Waals surface area contributed by atoms with Crippen LogP contribution in [0.3, 0.4) is 0 Å². The molecule has 0 fully saturated rings. The Morgan fingerprint density at radius 2 is 2.09 bits per heavy atom. The van der Waals surface area contributed by atoms with E-state index in [2.05, 4.69) is 4.98 Å². The molecular formula is C5H8NNaO2S2. The van der Waals surface area contributed by atoms with Gasteiger partial charge in [-0.15, -0.1) is 11.3 Å². The Kier molecular flexibility index (Phi) is 5.00. The zero-order valence-electron chi connectivity index (χ0n) is 5.62. The number of aromatic nitrogens is 1. The van der Waals surface area contributed by atoms with E-state index in [4.69, 9.17) is 4.55 Å². The van der Waals surface area contributed by atoms with E-state index in [-0.39, 0.29) is 29.6 Å². The van der Waals surface area contributed by atoms with Gasteiger partial charge in [-0.25, -0.2) is 9.19 Å². The van der Waals surface area contributed by atoms with Crippen LogP contribution in [0.2, 0.25) is 0 Å². The van der Waals surface area contributed by atoms with Crippen molar-refractivity contribution in [3.05, 3.63) is 10.7 Å². The molecule has 0 saturated heterocycles. The standard InChI is InChI=1S/C5H7NO2S2.Na.H/c1-3-5(10(7)8)9-4(2)6-3;;/h1-2H3,(H,7,8);;. The second-order valence-electron chi connectivity index (χ2n) is 1.85. The average molecular weight is 201 g/mol. The maximum absolute atomic E-state index is 10.5. The molecule has 58 valence electrons. The first-order chi connectivity index (χ1) is 4.61. The number of nitrogens with zero attached hydrogens (tertiary/aromatic N) is 1. The Morgan fingerprint density at radius 1 is 1.55 bits per heavy atom. The molecular weight excluding hydrogens is 193 g/mol. The zero-order chi connectivity index (χ0) is 7.72. The third-order valence-electron chi connectivity index (χ3n) is 1.02. The first-order valence-electron chi connectivity index (χ1n) is 2.66. The number of rotatable bonds is 1. The summed E-state index contributed by atoms with van der Waals surface area (Å²) in [5.41, 5.74) is 0.656. The Morgan fingerprint density at radius 3 is 2.27 bits per heavy atom. The average Bonchev–Trinajstić information content (AvgIpc) is 2.10. The molecule has 1 N–H and O–H groups in total. The molecule has 3 nitrogen and oxygen atoms in total. The topological polar surface area (TPSA) is 50.2 Å². The molecule has 11 heavy (non-hydrogen) atoms. The molecule has 0 radical (unpaired) electrons. The van der Waals surface area contributed by atoms with Crippen molar-refractivity contribution in [1.82, 2.24) is 4.98 Å². The Bertz CT molecular complexity index is 273. The van der Waals surface area contributed by atoms with Crippen molar-refractivity contribution in [2.24, 2.45) is 0 Å². The summed E-state index contributed by atoms with van der Waals surface area (Å²) in [6.07, 6.45) is 0. The molecule has 0 aliphatic heterocycles. The van der Waals surface area contributed by atoms with E-state index in [1.807, 2.05) is 6.92 Å². The van der Waals surface area contributed by atoms with Crippen molar-refractivity contribution < 1.29 is 8.76 Å². The van der Waals surface area contributed by atoms with Crippen LogP contribution >= 0.6 is 11.3 Å². The van der Waals surface area contributed by atoms with Crippen LogP contribution in [0, 0.1) is 13.8 Å². The van der Waals surface area contributed by atoms with Gasteiger partial charge in [0, 0.05) is 0 Å². The van der Waals surface area contributed by atoms with E-state index < -0.39 is 11.1 Å². The normalized spacial score (nSPS) is 12.3. The molecule has 0 saturated carbocycles. The van der Waals surface area contributed by atoms with E-state index >= 15 is 0 Å². The summed E-state index contributed by atoms with van der Waals surface area (Å²) in [6, 6.07) is 0. The van der Waals surface area contributed by atoms with E-state index in [0.29, 0.717) is 9.90 Å². The van der Waals surface area contributed by atoms with Gasteiger partial charge in [-0.2, -0.15) is 0 Å². The molecule has 0 aromatic carbocycles. The fourth-order valence-electron chi connectivity index (χ4n) is 0.675. The first-order valence-corrected chi connectivity index (χ1v) is 4.58. The van der Waals surface area contributed by atoms with E-state index in [9.17, 15) is 4.21 Å². The van der Waals surface area contributed by atoms with Crippen LogP contribution in [0.1, 0.15) is 10.7 Å². The predicted octanol–water partition coefficient (Wildman–Crippen LogP) is 0.692. The Labute approximate surface area is 93.8 Å². The molecule has 1 rings (SSSR count). The van der Waals surface area contributed by atoms with Gasteiger partial charge in [0.1, 0.15) is 4.21 Å². The van der Waals surface area contributed by atoms with E-state index in [0.717, 1.165) is 5.01 Å². The molecule has 1 aromatic heterocycles. The molecule has 1 unspecified atom stereocenters. The fourth-order valence-corrected chi connectivity index (χ4v) is 2.26. The molecule has 0 spiro atoms. The molecule has 0 amide bonds. The van der Waals surface area contributed by atoms with Gasteiger partial charge in [0.2, 0.25) is 0 Å². The van der Waals surface area contributed by atoms with Crippen molar-refractivity contribution in [2.45, 2.75) is 18.1 Å². The SMILES string of the molecule is Cc1nc(C)c(S(=O)O)s1.[NaH]. The van der Waals surface area contributed by atoms with E-state index in [1.54, 1.807) is 6.92 Å². The minimum atomic E-state index is -1.86. The summed E-state index contributed by atoms with van der Waals surface area (Å²) in [4.78, 5) is 4.00. The second-order valence-corrected chi connectivity index (χ2v) is 4.22. The summed E-state index contributed by atoms with van der Waals surface area (Å²) >= 11 is -0.602. The van der Waals surface area contributed by atoms with Crippen LogP contribution in [0.4, 0.5) is 0 Å². The number of thiazole rings is 1. The first kappa shape index (κ1) is 11.7. The summed E-state index contributed by atoms with van der Waals surface area (Å²) in [5, 5.41) is 0.829. The quantitative estimate of drug-likeness (QED) is 0.537. The number of hydrogen-bond donors (Lipinski definition) is 1. The molecule has 1 heterocycles. The van der Waals surface area contributed by atoms with Crippen molar-refractivity contribution in [1.29, 1.82) is 0 Å². The fraction of sp³-hybridized carbons (Fsp3) is 0.400. The van der Waals surface area contributed by atoms with Gasteiger partial charge in [-0.05, 0) is 13.8 Å². The van der Waals surface area contributed by atoms with Crippen LogP contribution in [-0.2, 0) is 11.1 Å². The van der Waals surface area contributed by atoms with Gasteiger partial charge in [0.05, 0.1) is 10.7 Å². The van der Waals surface area contributed by atoms with Crippen molar-refractivity contribution in [2.75, 3.05) is 0 Å². The number of hydrogen-bond acceptors (Lipinski definition) is 3. The van der Waals surface area contributed by atoms with Gasteiger partial charge < -0.3 is 4.55 Å². The summed E-state index contributed by atoms with van der Waals surface area (Å²) in [5.74, 6) is 0. The molecule has 1 aromatic rings. The van der Waals surface area contributed by atoms with Crippen molar-refractivity contribution >= 4 is 52.0 Å². The maximum atomic E-state index is 10.5. The minimum absolute atomic E-state index is 0. The molecule has 0 aliphatic carbocycles. The van der Waals surface area contributed by atoms with Gasteiger partial charge in [0.15, 0.2) is 11.1 Å². The van der Waals surface area contributed by atoms with Gasteiger partial charge >= 0.3 is 29.6 Å². The van der Waals surface area contributed by atoms with Crippen LogP contribution in [0.5, 0.6) is 0 Å². The third-order valence-corrected chi connectivity index (χ3v) is 3.18. The zero-order valence-corrected chi connectivity index (χ0v) is 7.25. The van der Waals surface area contributed by atoms with Gasteiger partial charge in [0.25, 0.3) is 0 Å². The molecule has 0 aliphatic rings. The van der Waals surface area contributed by atoms with Crippen LogP contribution in [-0.4, -0.2) is 43.3 Å². The van der Waals surface area contributed by atoms with E-state index in [1.165, 1.54) is 11.3 Å².